The number of alkyl carbamates (subject to hydrolysis) is 2. The standard InChI is InChI=1S/C21H32N4O7/c1-20(2,3)31-18(27)24-16(22)25(19(28)32-21(4,5)6)30-13-12-23-17(26)29-14-15-10-8-7-9-11-15/h7-11H,12-14H2,1-6H3,(H,23,26)(H2,22,24,27). The van der Waals surface area contributed by atoms with Crippen molar-refractivity contribution in [1.29, 1.82) is 5.41 Å². The normalized spacial score (nSPS) is 11.2. The molecule has 0 aliphatic carbocycles. The number of hydroxylamine groups is 2. The third-order valence-corrected chi connectivity index (χ3v) is 3.19. The summed E-state index contributed by atoms with van der Waals surface area (Å²) in [5.74, 6) is -0.708. The smallest absolute Gasteiger partial charge is 0.442 e. The Balaban J connectivity index is 2.57. The number of hydrogen-bond acceptors (Lipinski definition) is 8. The molecule has 0 bridgehead atoms. The van der Waals surface area contributed by atoms with Crippen LogP contribution in [0.15, 0.2) is 30.3 Å². The van der Waals surface area contributed by atoms with Gasteiger partial charge in [-0.3, -0.25) is 15.6 Å². The molecule has 11 nitrogen and oxygen atoms in total. The number of carbonyl (C=O) groups excluding carboxylic acids is 3. The second-order valence-electron chi connectivity index (χ2n) is 8.57. The van der Waals surface area contributed by atoms with Crippen LogP contribution in [-0.2, 0) is 25.7 Å². The summed E-state index contributed by atoms with van der Waals surface area (Å²) in [6.07, 6.45) is -2.64. The number of nitrogens with one attached hydrogen (secondary N) is 3. The highest BCUT2D eigenvalue weighted by atomic mass is 16.7. The fraction of sp³-hybridized carbons (Fsp3) is 0.524. The van der Waals surface area contributed by atoms with E-state index >= 15 is 0 Å². The predicted molar refractivity (Wildman–Crippen MR) is 116 cm³/mol. The van der Waals surface area contributed by atoms with Gasteiger partial charge < -0.3 is 19.5 Å². The van der Waals surface area contributed by atoms with Gasteiger partial charge in [0.1, 0.15) is 17.8 Å². The van der Waals surface area contributed by atoms with Crippen molar-refractivity contribution in [3.8, 4) is 0 Å². The lowest BCUT2D eigenvalue weighted by molar-refractivity contribution is -0.101. The number of guanidine groups is 1. The zero-order valence-electron chi connectivity index (χ0n) is 19.3. The van der Waals surface area contributed by atoms with E-state index in [-0.39, 0.29) is 19.8 Å². The Morgan fingerprint density at radius 2 is 1.53 bits per heavy atom. The van der Waals surface area contributed by atoms with Gasteiger partial charge in [0.05, 0.1) is 6.61 Å². The van der Waals surface area contributed by atoms with Gasteiger partial charge in [0.15, 0.2) is 0 Å². The molecule has 0 heterocycles. The van der Waals surface area contributed by atoms with Gasteiger partial charge in [-0.15, -0.1) is 5.06 Å². The molecular weight excluding hydrogens is 420 g/mol. The minimum Gasteiger partial charge on any atom is -0.445 e. The van der Waals surface area contributed by atoms with Crippen molar-refractivity contribution >= 4 is 24.2 Å². The van der Waals surface area contributed by atoms with Crippen LogP contribution in [0, 0.1) is 5.41 Å². The first kappa shape index (κ1) is 26.7. The first-order valence-electron chi connectivity index (χ1n) is 9.96. The maximum Gasteiger partial charge on any atom is 0.442 e. The van der Waals surface area contributed by atoms with Crippen LogP contribution < -0.4 is 10.6 Å². The molecule has 0 saturated heterocycles. The summed E-state index contributed by atoms with van der Waals surface area (Å²) in [5, 5.41) is 13.0. The molecule has 0 atom stereocenters. The van der Waals surface area contributed by atoms with E-state index in [1.54, 1.807) is 41.5 Å². The zero-order chi connectivity index (χ0) is 24.4. The van der Waals surface area contributed by atoms with E-state index in [0.717, 1.165) is 5.56 Å². The molecule has 1 aromatic carbocycles. The van der Waals surface area contributed by atoms with Crippen molar-refractivity contribution in [3.63, 3.8) is 0 Å². The molecule has 3 amide bonds. The van der Waals surface area contributed by atoms with E-state index in [4.69, 9.17) is 24.5 Å². The second kappa shape index (κ2) is 11.9. The Hall–Kier alpha value is -3.34. The first-order chi connectivity index (χ1) is 14.8. The monoisotopic (exact) mass is 452 g/mol. The van der Waals surface area contributed by atoms with Gasteiger partial charge in [-0.2, -0.15) is 0 Å². The molecule has 0 aliphatic rings. The molecule has 1 rings (SSSR count). The van der Waals surface area contributed by atoms with Crippen LogP contribution in [0.3, 0.4) is 0 Å². The molecule has 0 unspecified atom stereocenters. The molecule has 1 aromatic rings. The minimum atomic E-state index is -1.02. The number of carbonyl (C=O) groups is 3. The van der Waals surface area contributed by atoms with Crippen molar-refractivity contribution < 1.29 is 33.4 Å². The third-order valence-electron chi connectivity index (χ3n) is 3.19. The maximum atomic E-state index is 12.4. The lowest BCUT2D eigenvalue weighted by Gasteiger charge is -2.27. The topological polar surface area (TPSA) is 139 Å². The summed E-state index contributed by atoms with van der Waals surface area (Å²) in [6.45, 7) is 9.73. The maximum absolute atomic E-state index is 12.4. The van der Waals surface area contributed by atoms with Crippen LogP contribution >= 0.6 is 0 Å². The van der Waals surface area contributed by atoms with Crippen molar-refractivity contribution in [1.82, 2.24) is 15.7 Å². The highest BCUT2D eigenvalue weighted by molar-refractivity contribution is 5.98. The van der Waals surface area contributed by atoms with Gasteiger partial charge in [-0.25, -0.2) is 14.4 Å². The Morgan fingerprint density at radius 3 is 2.09 bits per heavy atom. The largest absolute Gasteiger partial charge is 0.445 e. The highest BCUT2D eigenvalue weighted by Gasteiger charge is 2.28. The number of ether oxygens (including phenoxy) is 3. The van der Waals surface area contributed by atoms with Crippen LogP contribution in [0.5, 0.6) is 0 Å². The van der Waals surface area contributed by atoms with E-state index in [0.29, 0.717) is 5.06 Å². The highest BCUT2D eigenvalue weighted by Crippen LogP contribution is 2.11. The molecule has 0 radical (unpaired) electrons. The molecule has 0 fully saturated rings. The van der Waals surface area contributed by atoms with Crippen LogP contribution in [-0.4, -0.2) is 53.7 Å². The molecular formula is C21H32N4O7. The Labute approximate surface area is 187 Å². The number of benzene rings is 1. The Bertz CT molecular complexity index is 786. The van der Waals surface area contributed by atoms with Crippen molar-refractivity contribution in [2.75, 3.05) is 13.2 Å². The van der Waals surface area contributed by atoms with E-state index < -0.39 is 35.4 Å². The van der Waals surface area contributed by atoms with Gasteiger partial charge >= 0.3 is 18.3 Å². The van der Waals surface area contributed by atoms with Crippen molar-refractivity contribution in [3.05, 3.63) is 35.9 Å². The molecule has 0 saturated carbocycles. The van der Waals surface area contributed by atoms with Gasteiger partial charge in [-0.1, -0.05) is 30.3 Å². The van der Waals surface area contributed by atoms with Crippen molar-refractivity contribution in [2.24, 2.45) is 0 Å². The van der Waals surface area contributed by atoms with Gasteiger partial charge in [0.2, 0.25) is 5.96 Å². The molecule has 0 spiro atoms. The average Bonchev–Trinajstić information content (AvgIpc) is 2.63. The van der Waals surface area contributed by atoms with E-state index in [1.165, 1.54) is 0 Å². The molecule has 178 valence electrons. The summed E-state index contributed by atoms with van der Waals surface area (Å²) in [5.41, 5.74) is -0.840. The average molecular weight is 453 g/mol. The van der Waals surface area contributed by atoms with Gasteiger partial charge in [0.25, 0.3) is 0 Å². The zero-order valence-corrected chi connectivity index (χ0v) is 19.3. The lowest BCUT2D eigenvalue weighted by atomic mass is 10.2. The summed E-state index contributed by atoms with van der Waals surface area (Å²) in [7, 11) is 0. The van der Waals surface area contributed by atoms with Crippen LogP contribution in [0.1, 0.15) is 47.1 Å². The third kappa shape index (κ3) is 11.7. The van der Waals surface area contributed by atoms with E-state index in [9.17, 15) is 14.4 Å². The summed E-state index contributed by atoms with van der Waals surface area (Å²) in [6, 6.07) is 9.15. The molecule has 3 N–H and O–H groups in total. The van der Waals surface area contributed by atoms with Gasteiger partial charge in [-0.05, 0) is 47.1 Å². The fourth-order valence-electron chi connectivity index (χ4n) is 2.03. The molecule has 32 heavy (non-hydrogen) atoms. The SMILES string of the molecule is CC(C)(C)OC(=O)NC(=N)N(OCCNC(=O)OCc1ccccc1)C(=O)OC(C)(C)C. The number of amides is 3. The summed E-state index contributed by atoms with van der Waals surface area (Å²) < 4.78 is 15.3. The quantitative estimate of drug-likeness (QED) is 0.197. The van der Waals surface area contributed by atoms with Gasteiger partial charge in [0, 0.05) is 6.54 Å². The van der Waals surface area contributed by atoms with Crippen molar-refractivity contribution in [2.45, 2.75) is 59.4 Å². The molecule has 0 aromatic heterocycles. The summed E-state index contributed by atoms with van der Waals surface area (Å²) in [4.78, 5) is 41.3. The number of hydrogen-bond donors (Lipinski definition) is 3. The van der Waals surface area contributed by atoms with Crippen LogP contribution in [0.2, 0.25) is 0 Å². The lowest BCUT2D eigenvalue weighted by Crippen LogP contribution is -2.50. The Morgan fingerprint density at radius 1 is 0.938 bits per heavy atom. The van der Waals surface area contributed by atoms with E-state index in [1.807, 2.05) is 30.3 Å². The minimum absolute atomic E-state index is 0.0351. The molecule has 0 aliphatic heterocycles. The second-order valence-corrected chi connectivity index (χ2v) is 8.57. The number of rotatable bonds is 6. The fourth-order valence-corrected chi connectivity index (χ4v) is 2.03. The summed E-state index contributed by atoms with van der Waals surface area (Å²) >= 11 is 0. The number of nitrogens with zero attached hydrogens (tertiary/aromatic N) is 1. The van der Waals surface area contributed by atoms with E-state index in [2.05, 4.69) is 10.6 Å². The first-order valence-corrected chi connectivity index (χ1v) is 9.96. The van der Waals surface area contributed by atoms with Crippen LogP contribution in [0.4, 0.5) is 14.4 Å². The molecule has 11 heteroatoms. The predicted octanol–water partition coefficient (Wildman–Crippen LogP) is 3.54. The van der Waals surface area contributed by atoms with Crippen LogP contribution in [0.25, 0.3) is 0 Å². The Kier molecular flexibility index (Phi) is 9.92.